The van der Waals surface area contributed by atoms with Gasteiger partial charge in [-0.05, 0) is 43.4 Å². The van der Waals surface area contributed by atoms with E-state index < -0.39 is 10.0 Å². The van der Waals surface area contributed by atoms with Crippen molar-refractivity contribution < 1.29 is 17.9 Å². The molecule has 3 heterocycles. The van der Waals surface area contributed by atoms with Gasteiger partial charge in [-0.25, -0.2) is 8.42 Å². The summed E-state index contributed by atoms with van der Waals surface area (Å²) in [6, 6.07) is 5.54. The average Bonchev–Trinajstić information content (AvgIpc) is 2.92. The van der Waals surface area contributed by atoms with Crippen molar-refractivity contribution in [2.45, 2.75) is 30.7 Å². The molecule has 3 fully saturated rings. The van der Waals surface area contributed by atoms with Gasteiger partial charge in [0, 0.05) is 39.3 Å². The standard InChI is InChI=1S/C18H28N2O4S/c1-14-4-7-18(17(10-14)24-3)25(21,22)20-12-15-5-6-16(13-20)19(11-15)8-9-23-2/h4,7,10,15-16H,5-6,8-9,11-13H2,1-3H3/t15-,16-/m0/s1. The third-order valence-electron chi connectivity index (χ3n) is 5.31. The average molecular weight is 368 g/mol. The molecule has 2 atom stereocenters. The molecule has 25 heavy (non-hydrogen) atoms. The predicted octanol–water partition coefficient (Wildman–Crippen LogP) is 1.73. The molecule has 3 aliphatic rings. The minimum atomic E-state index is -3.56. The van der Waals surface area contributed by atoms with Crippen molar-refractivity contribution in [3.63, 3.8) is 0 Å². The minimum Gasteiger partial charge on any atom is -0.495 e. The van der Waals surface area contributed by atoms with Gasteiger partial charge >= 0.3 is 0 Å². The first kappa shape index (κ1) is 18.6. The van der Waals surface area contributed by atoms with E-state index in [1.54, 1.807) is 23.5 Å². The highest BCUT2D eigenvalue weighted by Crippen LogP contribution is 2.33. The van der Waals surface area contributed by atoms with Crippen molar-refractivity contribution in [1.29, 1.82) is 0 Å². The van der Waals surface area contributed by atoms with Gasteiger partial charge in [-0.3, -0.25) is 4.90 Å². The summed E-state index contributed by atoms with van der Waals surface area (Å²) < 4.78 is 38.8. The highest BCUT2D eigenvalue weighted by molar-refractivity contribution is 7.89. The van der Waals surface area contributed by atoms with Crippen LogP contribution in [-0.2, 0) is 14.8 Å². The van der Waals surface area contributed by atoms with Gasteiger partial charge in [0.15, 0.2) is 0 Å². The van der Waals surface area contributed by atoms with Gasteiger partial charge < -0.3 is 9.47 Å². The summed E-state index contributed by atoms with van der Waals surface area (Å²) in [5.41, 5.74) is 0.984. The van der Waals surface area contributed by atoms with Gasteiger partial charge in [-0.15, -0.1) is 0 Å². The highest BCUT2D eigenvalue weighted by atomic mass is 32.2. The number of rotatable bonds is 6. The van der Waals surface area contributed by atoms with Crippen molar-refractivity contribution in [1.82, 2.24) is 9.21 Å². The third-order valence-corrected chi connectivity index (χ3v) is 7.18. The van der Waals surface area contributed by atoms with E-state index in [4.69, 9.17) is 9.47 Å². The third kappa shape index (κ3) is 3.84. The van der Waals surface area contributed by atoms with Crippen molar-refractivity contribution in [3.8, 4) is 5.75 Å². The van der Waals surface area contributed by atoms with Gasteiger partial charge in [0.2, 0.25) is 10.0 Å². The van der Waals surface area contributed by atoms with Crippen molar-refractivity contribution in [2.75, 3.05) is 47.0 Å². The summed E-state index contributed by atoms with van der Waals surface area (Å²) in [6.07, 6.45) is 2.14. The number of nitrogens with zero attached hydrogens (tertiary/aromatic N) is 2. The van der Waals surface area contributed by atoms with Gasteiger partial charge in [0.25, 0.3) is 0 Å². The molecule has 3 saturated heterocycles. The molecule has 0 radical (unpaired) electrons. The van der Waals surface area contributed by atoms with E-state index in [0.29, 0.717) is 31.4 Å². The molecule has 0 aromatic heterocycles. The molecule has 0 unspecified atom stereocenters. The summed E-state index contributed by atoms with van der Waals surface area (Å²) in [7, 11) is -0.339. The Morgan fingerprint density at radius 2 is 1.96 bits per heavy atom. The summed E-state index contributed by atoms with van der Waals surface area (Å²) in [6.45, 7) is 5.55. The summed E-state index contributed by atoms with van der Waals surface area (Å²) in [5, 5.41) is 0. The summed E-state index contributed by atoms with van der Waals surface area (Å²) in [5.74, 6) is 0.801. The lowest BCUT2D eigenvalue weighted by atomic mass is 9.95. The normalized spacial score (nSPS) is 25.1. The first-order valence-corrected chi connectivity index (χ1v) is 10.3. The van der Waals surface area contributed by atoms with Crippen molar-refractivity contribution in [3.05, 3.63) is 23.8 Å². The van der Waals surface area contributed by atoms with Crippen LogP contribution < -0.4 is 4.74 Å². The molecule has 2 bridgehead atoms. The van der Waals surface area contributed by atoms with E-state index in [1.165, 1.54) is 7.11 Å². The molecule has 0 N–H and O–H groups in total. The second-order valence-electron chi connectivity index (χ2n) is 7.06. The Morgan fingerprint density at radius 1 is 1.16 bits per heavy atom. The molecular formula is C18H28N2O4S. The lowest BCUT2D eigenvalue weighted by molar-refractivity contribution is 0.0881. The molecule has 7 heteroatoms. The second kappa shape index (κ2) is 7.61. The number of ether oxygens (including phenoxy) is 2. The van der Waals surface area contributed by atoms with Crippen LogP contribution in [0.2, 0.25) is 0 Å². The summed E-state index contributed by atoms with van der Waals surface area (Å²) in [4.78, 5) is 2.66. The fourth-order valence-electron chi connectivity index (χ4n) is 3.94. The number of aryl methyl sites for hydroxylation is 1. The van der Waals surface area contributed by atoms with Crippen LogP contribution in [0.3, 0.4) is 0 Å². The van der Waals surface area contributed by atoms with Crippen LogP contribution in [0.5, 0.6) is 5.75 Å². The lowest BCUT2D eigenvalue weighted by Crippen LogP contribution is -2.45. The van der Waals surface area contributed by atoms with E-state index in [1.807, 2.05) is 13.0 Å². The number of hydrogen-bond donors (Lipinski definition) is 0. The Morgan fingerprint density at radius 3 is 2.68 bits per heavy atom. The first-order valence-electron chi connectivity index (χ1n) is 8.83. The molecule has 0 saturated carbocycles. The van der Waals surface area contributed by atoms with Gasteiger partial charge in [0.1, 0.15) is 10.6 Å². The van der Waals surface area contributed by atoms with Crippen LogP contribution >= 0.6 is 0 Å². The van der Waals surface area contributed by atoms with Gasteiger partial charge in [-0.1, -0.05) is 6.07 Å². The SMILES string of the molecule is COCCN1C[C@@H]2CC[C@H]1CN(S(=O)(=O)c1ccc(C)cc1OC)C2. The van der Waals surface area contributed by atoms with Crippen LogP contribution in [0.1, 0.15) is 18.4 Å². The molecule has 6 nitrogen and oxygen atoms in total. The number of sulfonamides is 1. The zero-order valence-corrected chi connectivity index (χ0v) is 16.1. The summed E-state index contributed by atoms with van der Waals surface area (Å²) >= 11 is 0. The van der Waals surface area contributed by atoms with E-state index in [2.05, 4.69) is 4.90 Å². The molecule has 4 rings (SSSR count). The molecule has 1 aromatic carbocycles. The maximum absolute atomic E-state index is 13.3. The number of methoxy groups -OCH3 is 2. The van der Waals surface area contributed by atoms with Crippen LogP contribution in [0.4, 0.5) is 0 Å². The number of hydrogen-bond acceptors (Lipinski definition) is 5. The largest absolute Gasteiger partial charge is 0.495 e. The fourth-order valence-corrected chi connectivity index (χ4v) is 5.63. The quantitative estimate of drug-likeness (QED) is 0.765. The van der Waals surface area contributed by atoms with Crippen LogP contribution in [0.25, 0.3) is 0 Å². The van der Waals surface area contributed by atoms with Gasteiger partial charge in [0.05, 0.1) is 13.7 Å². The topological polar surface area (TPSA) is 59.1 Å². The van der Waals surface area contributed by atoms with Crippen LogP contribution in [-0.4, -0.2) is 70.7 Å². The second-order valence-corrected chi connectivity index (χ2v) is 8.97. The molecule has 0 aliphatic carbocycles. The van der Waals surface area contributed by atoms with Crippen LogP contribution in [0.15, 0.2) is 23.1 Å². The zero-order valence-electron chi connectivity index (χ0n) is 15.3. The fraction of sp³-hybridized carbons (Fsp3) is 0.667. The highest BCUT2D eigenvalue weighted by Gasteiger charge is 2.40. The van der Waals surface area contributed by atoms with Crippen LogP contribution in [0, 0.1) is 12.8 Å². The first-order chi connectivity index (χ1) is 12.0. The van der Waals surface area contributed by atoms with E-state index in [-0.39, 0.29) is 10.9 Å². The Hall–Kier alpha value is -1.15. The number of benzene rings is 1. The van der Waals surface area contributed by atoms with Crippen molar-refractivity contribution in [2.24, 2.45) is 5.92 Å². The molecule has 3 aliphatic heterocycles. The molecule has 0 spiro atoms. The monoisotopic (exact) mass is 368 g/mol. The Bertz CT molecular complexity index is 707. The zero-order chi connectivity index (χ0) is 18.0. The maximum atomic E-state index is 13.3. The van der Waals surface area contributed by atoms with E-state index >= 15 is 0 Å². The smallest absolute Gasteiger partial charge is 0.246 e. The maximum Gasteiger partial charge on any atom is 0.246 e. The Labute approximate surface area is 150 Å². The van der Waals surface area contributed by atoms with E-state index in [9.17, 15) is 8.42 Å². The van der Waals surface area contributed by atoms with Gasteiger partial charge in [-0.2, -0.15) is 4.31 Å². The molecule has 1 aromatic rings. The molecule has 140 valence electrons. The lowest BCUT2D eigenvalue weighted by Gasteiger charge is -2.35. The number of fused-ring (bicyclic) bond motifs is 4. The van der Waals surface area contributed by atoms with E-state index in [0.717, 1.165) is 31.5 Å². The molecule has 0 amide bonds. The number of piperidine rings is 1. The molecular weight excluding hydrogens is 340 g/mol. The minimum absolute atomic E-state index is 0.264. The predicted molar refractivity (Wildman–Crippen MR) is 96.5 cm³/mol. The Balaban J connectivity index is 1.86. The Kier molecular flexibility index (Phi) is 5.68. The van der Waals surface area contributed by atoms with Crippen molar-refractivity contribution >= 4 is 10.0 Å².